The summed E-state index contributed by atoms with van der Waals surface area (Å²) in [6.07, 6.45) is 0. The number of aryl methyl sites for hydroxylation is 1. The molecule has 0 atom stereocenters. The second-order valence-electron chi connectivity index (χ2n) is 5.84. The topological polar surface area (TPSA) is 81.4 Å². The van der Waals surface area contributed by atoms with E-state index in [1.54, 1.807) is 35.9 Å². The van der Waals surface area contributed by atoms with E-state index in [1.165, 1.54) is 11.3 Å². The van der Waals surface area contributed by atoms with Crippen LogP contribution in [0.1, 0.15) is 16.2 Å². The summed E-state index contributed by atoms with van der Waals surface area (Å²) in [7, 11) is 1.54. The van der Waals surface area contributed by atoms with Crippen LogP contribution >= 0.6 is 38.9 Å². The van der Waals surface area contributed by atoms with E-state index in [0.717, 1.165) is 15.0 Å². The Morgan fingerprint density at radius 3 is 2.82 bits per heavy atom. The maximum atomic E-state index is 12.7. The van der Waals surface area contributed by atoms with Crippen molar-refractivity contribution in [2.45, 2.75) is 6.92 Å². The van der Waals surface area contributed by atoms with Gasteiger partial charge in [-0.1, -0.05) is 38.9 Å². The lowest BCUT2D eigenvalue weighted by Gasteiger charge is -2.12. The Kier molecular flexibility index (Phi) is 5.05. The molecule has 10 heteroatoms. The van der Waals surface area contributed by atoms with Crippen molar-refractivity contribution in [3.8, 4) is 16.3 Å². The molecule has 28 heavy (non-hydrogen) atoms. The molecule has 0 spiro atoms. The largest absolute Gasteiger partial charge is 0.495 e. The SMILES string of the molecule is COc1ccc(-c2nn3c(C)nnc3s2)cc1NC(=O)c1cc(Br)ccc1Cl. The van der Waals surface area contributed by atoms with E-state index in [1.807, 2.05) is 19.1 Å². The smallest absolute Gasteiger partial charge is 0.257 e. The van der Waals surface area contributed by atoms with Gasteiger partial charge in [0, 0.05) is 10.0 Å². The molecule has 0 aliphatic rings. The molecule has 0 bridgehead atoms. The van der Waals surface area contributed by atoms with E-state index in [9.17, 15) is 4.79 Å². The van der Waals surface area contributed by atoms with Crippen molar-refractivity contribution in [1.82, 2.24) is 19.8 Å². The number of halogens is 2. The summed E-state index contributed by atoms with van der Waals surface area (Å²) in [5.74, 6) is 0.905. The monoisotopic (exact) mass is 477 g/mol. The summed E-state index contributed by atoms with van der Waals surface area (Å²) in [6, 6.07) is 10.6. The maximum absolute atomic E-state index is 12.7. The van der Waals surface area contributed by atoms with Gasteiger partial charge in [0.05, 0.1) is 23.4 Å². The normalized spacial score (nSPS) is 11.0. The highest BCUT2D eigenvalue weighted by Gasteiger charge is 2.16. The number of carbonyl (C=O) groups excluding carboxylic acids is 1. The Hall–Kier alpha value is -2.49. The van der Waals surface area contributed by atoms with Crippen LogP contribution in [0.25, 0.3) is 15.5 Å². The van der Waals surface area contributed by atoms with Crippen molar-refractivity contribution >= 4 is 55.4 Å². The first-order valence-electron chi connectivity index (χ1n) is 8.10. The van der Waals surface area contributed by atoms with Crippen LogP contribution in [-0.4, -0.2) is 32.8 Å². The number of hydrogen-bond donors (Lipinski definition) is 1. The predicted octanol–water partition coefficient (Wildman–Crippen LogP) is 4.84. The van der Waals surface area contributed by atoms with Crippen molar-refractivity contribution in [1.29, 1.82) is 0 Å². The van der Waals surface area contributed by atoms with Crippen molar-refractivity contribution in [2.75, 3.05) is 12.4 Å². The zero-order valence-corrected chi connectivity index (χ0v) is 17.9. The van der Waals surface area contributed by atoms with Gasteiger partial charge < -0.3 is 10.1 Å². The van der Waals surface area contributed by atoms with Crippen LogP contribution in [0.3, 0.4) is 0 Å². The number of methoxy groups -OCH3 is 1. The standard InChI is InChI=1S/C18H13BrClN5O2S/c1-9-22-23-18-25(9)24-17(28-18)10-3-6-15(27-2)14(7-10)21-16(26)12-8-11(19)4-5-13(12)20/h3-8H,1-2H3,(H,21,26). The molecule has 142 valence electrons. The number of rotatable bonds is 4. The first-order valence-corrected chi connectivity index (χ1v) is 10.1. The fraction of sp³-hybridized carbons (Fsp3) is 0.111. The molecule has 0 unspecified atom stereocenters. The van der Waals surface area contributed by atoms with E-state index >= 15 is 0 Å². The molecule has 0 fully saturated rings. The summed E-state index contributed by atoms with van der Waals surface area (Å²) >= 11 is 10.9. The lowest BCUT2D eigenvalue weighted by Crippen LogP contribution is -2.13. The van der Waals surface area contributed by atoms with Crippen molar-refractivity contribution < 1.29 is 9.53 Å². The average molecular weight is 479 g/mol. The van der Waals surface area contributed by atoms with Gasteiger partial charge in [-0.3, -0.25) is 4.79 Å². The molecule has 0 radical (unpaired) electrons. The first kappa shape index (κ1) is 18.9. The molecule has 4 aromatic rings. The summed E-state index contributed by atoms with van der Waals surface area (Å²) in [5.41, 5.74) is 1.70. The fourth-order valence-corrected chi connectivity index (χ4v) is 4.08. The molecule has 0 saturated carbocycles. The second-order valence-corrected chi connectivity index (χ2v) is 8.12. The first-order chi connectivity index (χ1) is 13.5. The van der Waals surface area contributed by atoms with Gasteiger partial charge in [-0.15, -0.1) is 10.2 Å². The third kappa shape index (κ3) is 3.48. The summed E-state index contributed by atoms with van der Waals surface area (Å²) in [6.45, 7) is 1.84. The molecule has 1 N–H and O–H groups in total. The van der Waals surface area contributed by atoms with Gasteiger partial charge in [-0.25, -0.2) is 0 Å². The molecule has 2 aromatic heterocycles. The Morgan fingerprint density at radius 1 is 1.25 bits per heavy atom. The molecule has 0 aliphatic carbocycles. The number of ether oxygens (including phenoxy) is 1. The molecule has 0 aliphatic heterocycles. The van der Waals surface area contributed by atoms with Gasteiger partial charge >= 0.3 is 0 Å². The maximum Gasteiger partial charge on any atom is 0.257 e. The minimum Gasteiger partial charge on any atom is -0.495 e. The van der Waals surface area contributed by atoms with Gasteiger partial charge in [-0.05, 0) is 43.3 Å². The van der Waals surface area contributed by atoms with E-state index in [-0.39, 0.29) is 5.91 Å². The van der Waals surface area contributed by atoms with Crippen LogP contribution < -0.4 is 10.1 Å². The van der Waals surface area contributed by atoms with Crippen LogP contribution in [-0.2, 0) is 0 Å². The number of nitrogens with one attached hydrogen (secondary N) is 1. The number of anilines is 1. The number of hydrogen-bond acceptors (Lipinski definition) is 6. The number of amides is 1. The summed E-state index contributed by atoms with van der Waals surface area (Å²) in [4.78, 5) is 13.4. The minimum absolute atomic E-state index is 0.337. The highest BCUT2D eigenvalue weighted by molar-refractivity contribution is 9.10. The molecule has 1 amide bonds. The lowest BCUT2D eigenvalue weighted by atomic mass is 10.1. The minimum atomic E-state index is -0.337. The quantitative estimate of drug-likeness (QED) is 0.454. The Morgan fingerprint density at radius 2 is 2.07 bits per heavy atom. The molecular weight excluding hydrogens is 466 g/mol. The Balaban J connectivity index is 1.70. The van der Waals surface area contributed by atoms with E-state index < -0.39 is 0 Å². The van der Waals surface area contributed by atoms with Gasteiger partial charge in [0.1, 0.15) is 10.8 Å². The van der Waals surface area contributed by atoms with Crippen molar-refractivity contribution in [3.63, 3.8) is 0 Å². The number of nitrogens with zero attached hydrogens (tertiary/aromatic N) is 4. The third-order valence-electron chi connectivity index (χ3n) is 4.01. The zero-order chi connectivity index (χ0) is 19.8. The highest BCUT2D eigenvalue weighted by Crippen LogP contribution is 2.33. The summed E-state index contributed by atoms with van der Waals surface area (Å²) < 4.78 is 7.83. The van der Waals surface area contributed by atoms with Crippen molar-refractivity contribution in [3.05, 3.63) is 57.3 Å². The van der Waals surface area contributed by atoms with Gasteiger partial charge in [0.15, 0.2) is 5.82 Å². The summed E-state index contributed by atoms with van der Waals surface area (Å²) in [5, 5.41) is 16.6. The van der Waals surface area contributed by atoms with Crippen molar-refractivity contribution in [2.24, 2.45) is 0 Å². The van der Waals surface area contributed by atoms with Gasteiger partial charge in [-0.2, -0.15) is 9.61 Å². The number of fused-ring (bicyclic) bond motifs is 1. The number of benzene rings is 2. The average Bonchev–Trinajstić information content (AvgIpc) is 3.26. The molecular formula is C18H13BrClN5O2S. The van der Waals surface area contributed by atoms with Gasteiger partial charge in [0.2, 0.25) is 4.96 Å². The molecule has 2 aromatic carbocycles. The third-order valence-corrected chi connectivity index (χ3v) is 5.79. The molecule has 2 heterocycles. The van der Waals surface area contributed by atoms with Gasteiger partial charge in [0.25, 0.3) is 5.91 Å². The van der Waals surface area contributed by atoms with Crippen LogP contribution in [0.15, 0.2) is 40.9 Å². The molecule has 0 saturated heterocycles. The zero-order valence-electron chi connectivity index (χ0n) is 14.7. The number of carbonyl (C=O) groups is 1. The molecule has 7 nitrogen and oxygen atoms in total. The van der Waals surface area contributed by atoms with E-state index in [0.29, 0.717) is 32.8 Å². The second kappa shape index (κ2) is 7.50. The predicted molar refractivity (Wildman–Crippen MR) is 112 cm³/mol. The molecule has 4 rings (SSSR count). The van der Waals surface area contributed by atoms with Crippen LogP contribution in [0.5, 0.6) is 5.75 Å². The van der Waals surface area contributed by atoms with Crippen LogP contribution in [0.2, 0.25) is 5.02 Å². The highest BCUT2D eigenvalue weighted by atomic mass is 79.9. The van der Waals surface area contributed by atoms with E-state index in [2.05, 4.69) is 36.5 Å². The Labute approximate surface area is 177 Å². The Bertz CT molecular complexity index is 1210. The van der Waals surface area contributed by atoms with E-state index in [4.69, 9.17) is 16.3 Å². The van der Waals surface area contributed by atoms with Crippen LogP contribution in [0, 0.1) is 6.92 Å². The lowest BCUT2D eigenvalue weighted by molar-refractivity contribution is 0.102. The number of aromatic nitrogens is 4. The van der Waals surface area contributed by atoms with Crippen LogP contribution in [0.4, 0.5) is 5.69 Å². The fourth-order valence-electron chi connectivity index (χ4n) is 2.63.